The molecule has 0 aromatic heterocycles. The molecule has 5 heteroatoms. The number of phenolic OH excluding ortho intramolecular Hbond substituents is 2. The number of carbonyl (C=O) groups is 1. The minimum absolute atomic E-state index is 0.123. The molecular weight excluding hydrogens is 198 g/mol. The first-order chi connectivity index (χ1) is 8.19. The first kappa shape index (κ1) is 7.53. The van der Waals surface area contributed by atoms with Crippen LogP contribution in [0.5, 0.6) is 11.5 Å². The molecule has 0 aliphatic heterocycles. The fourth-order valence-electron chi connectivity index (χ4n) is 1.13. The van der Waals surface area contributed by atoms with E-state index in [1.807, 2.05) is 5.32 Å². The van der Waals surface area contributed by atoms with Gasteiger partial charge in [-0.15, -0.1) is 0 Å². The molecule has 0 saturated heterocycles. The van der Waals surface area contributed by atoms with Crippen LogP contribution in [0.2, 0.25) is 0 Å². The van der Waals surface area contributed by atoms with E-state index in [0.717, 1.165) is 0 Å². The van der Waals surface area contributed by atoms with Gasteiger partial charge >= 0.3 is 5.97 Å². The van der Waals surface area contributed by atoms with Crippen LogP contribution in [0.25, 0.3) is 0 Å². The van der Waals surface area contributed by atoms with Crippen molar-refractivity contribution in [1.82, 2.24) is 5.32 Å². The standard InChI is InChI=1S/C10H13NO4/c1-11-7(10(14)15)4-6-2-3-8(12)9(13)5-6/h2-3,5,7,11-13H,4H2,1H3,(H,14,15)/t7-/m0/s1/i1D3. The molecule has 0 amide bonds. The van der Waals surface area contributed by atoms with Crippen LogP contribution in [-0.4, -0.2) is 34.3 Å². The highest BCUT2D eigenvalue weighted by molar-refractivity contribution is 5.73. The van der Waals surface area contributed by atoms with Crippen LogP contribution in [0.15, 0.2) is 18.2 Å². The summed E-state index contributed by atoms with van der Waals surface area (Å²) in [5, 5.41) is 29.2. The number of benzene rings is 1. The number of carboxylic acids is 1. The smallest absolute Gasteiger partial charge is 0.321 e. The molecule has 15 heavy (non-hydrogen) atoms. The predicted molar refractivity (Wildman–Crippen MR) is 54.0 cm³/mol. The molecule has 82 valence electrons. The molecule has 0 radical (unpaired) electrons. The van der Waals surface area contributed by atoms with Crippen molar-refractivity contribution >= 4 is 5.97 Å². The fraction of sp³-hybridized carbons (Fsp3) is 0.300. The summed E-state index contributed by atoms with van der Waals surface area (Å²) in [7, 11) is 0. The van der Waals surface area contributed by atoms with Crippen LogP contribution < -0.4 is 5.32 Å². The highest BCUT2D eigenvalue weighted by Crippen LogP contribution is 2.25. The molecule has 0 heterocycles. The molecule has 1 aromatic carbocycles. The van der Waals surface area contributed by atoms with Gasteiger partial charge in [-0.05, 0) is 31.1 Å². The molecule has 1 atom stereocenters. The number of nitrogens with one attached hydrogen (secondary N) is 1. The number of rotatable bonds is 4. The van der Waals surface area contributed by atoms with Gasteiger partial charge in [0.1, 0.15) is 6.04 Å². The van der Waals surface area contributed by atoms with Crippen LogP contribution in [0.1, 0.15) is 9.68 Å². The van der Waals surface area contributed by atoms with Gasteiger partial charge in [-0.1, -0.05) is 6.07 Å². The second-order valence-corrected chi connectivity index (χ2v) is 3.06. The fourth-order valence-corrected chi connectivity index (χ4v) is 1.13. The summed E-state index contributed by atoms with van der Waals surface area (Å²) in [6, 6.07) is 2.50. The number of phenols is 2. The van der Waals surface area contributed by atoms with Gasteiger partial charge in [0.25, 0.3) is 0 Å². The van der Waals surface area contributed by atoms with E-state index < -0.39 is 19.0 Å². The Morgan fingerprint density at radius 1 is 1.53 bits per heavy atom. The van der Waals surface area contributed by atoms with Crippen molar-refractivity contribution in [1.29, 1.82) is 0 Å². The van der Waals surface area contributed by atoms with Crippen molar-refractivity contribution in [3.8, 4) is 11.5 Å². The van der Waals surface area contributed by atoms with E-state index in [9.17, 15) is 9.90 Å². The van der Waals surface area contributed by atoms with Crippen molar-refractivity contribution in [3.05, 3.63) is 23.8 Å². The molecule has 0 bridgehead atoms. The lowest BCUT2D eigenvalue weighted by Crippen LogP contribution is -2.35. The van der Waals surface area contributed by atoms with E-state index in [0.29, 0.717) is 5.56 Å². The van der Waals surface area contributed by atoms with Gasteiger partial charge in [0.15, 0.2) is 11.5 Å². The van der Waals surface area contributed by atoms with Gasteiger partial charge in [-0.3, -0.25) is 4.79 Å². The van der Waals surface area contributed by atoms with Crippen molar-refractivity contribution in [2.75, 3.05) is 6.98 Å². The average Bonchev–Trinajstić information content (AvgIpc) is 2.20. The van der Waals surface area contributed by atoms with Crippen molar-refractivity contribution in [3.63, 3.8) is 0 Å². The zero-order chi connectivity index (χ0) is 13.9. The summed E-state index contributed by atoms with van der Waals surface area (Å²) >= 11 is 0. The zero-order valence-corrected chi connectivity index (χ0v) is 7.77. The number of hydrogen-bond donors (Lipinski definition) is 4. The maximum atomic E-state index is 10.9. The summed E-state index contributed by atoms with van der Waals surface area (Å²) in [5.41, 5.74) is 0.398. The minimum atomic E-state index is -2.57. The summed E-state index contributed by atoms with van der Waals surface area (Å²) in [5.74, 6) is -2.02. The molecule has 0 aliphatic carbocycles. The summed E-state index contributed by atoms with van der Waals surface area (Å²) < 4.78 is 20.9. The zero-order valence-electron chi connectivity index (χ0n) is 10.8. The van der Waals surface area contributed by atoms with Gasteiger partial charge in [-0.25, -0.2) is 0 Å². The Bertz CT molecular complexity index is 447. The lowest BCUT2D eigenvalue weighted by atomic mass is 10.1. The third-order valence-electron chi connectivity index (χ3n) is 1.95. The summed E-state index contributed by atoms with van der Waals surface area (Å²) in [6.45, 7) is -2.57. The molecular formula is C10H13NO4. The topological polar surface area (TPSA) is 89.8 Å². The van der Waals surface area contributed by atoms with E-state index >= 15 is 0 Å². The first-order valence-electron chi connectivity index (χ1n) is 5.70. The largest absolute Gasteiger partial charge is 0.504 e. The van der Waals surface area contributed by atoms with Crippen LogP contribution in [-0.2, 0) is 11.2 Å². The van der Waals surface area contributed by atoms with Crippen LogP contribution in [0.4, 0.5) is 0 Å². The van der Waals surface area contributed by atoms with Crippen molar-refractivity contribution in [2.24, 2.45) is 0 Å². The Kier molecular flexibility index (Phi) is 2.34. The first-order valence-corrected chi connectivity index (χ1v) is 4.20. The van der Waals surface area contributed by atoms with Gasteiger partial charge in [0.2, 0.25) is 0 Å². The second kappa shape index (κ2) is 4.65. The van der Waals surface area contributed by atoms with Gasteiger partial charge in [0, 0.05) is 4.11 Å². The van der Waals surface area contributed by atoms with Crippen molar-refractivity contribution in [2.45, 2.75) is 12.5 Å². The molecule has 1 rings (SSSR count). The predicted octanol–water partition coefficient (Wildman–Crippen LogP) is 0.313. The Hall–Kier alpha value is -1.75. The van der Waals surface area contributed by atoms with Crippen LogP contribution in [0, 0.1) is 0 Å². The van der Waals surface area contributed by atoms with E-state index in [2.05, 4.69) is 0 Å². The molecule has 5 nitrogen and oxygen atoms in total. The van der Waals surface area contributed by atoms with Gasteiger partial charge in [-0.2, -0.15) is 0 Å². The molecule has 0 saturated carbocycles. The average molecular weight is 214 g/mol. The third kappa shape index (κ3) is 2.85. The third-order valence-corrected chi connectivity index (χ3v) is 1.95. The highest BCUT2D eigenvalue weighted by atomic mass is 16.4. The number of aromatic hydroxyl groups is 2. The highest BCUT2D eigenvalue weighted by Gasteiger charge is 2.15. The summed E-state index contributed by atoms with van der Waals surface area (Å²) in [6.07, 6.45) is -0.123. The molecule has 0 aliphatic rings. The SMILES string of the molecule is [2H]C([2H])([2H])N[C@@H](Cc1ccc(O)c(O)c1)C(=O)O. The van der Waals surface area contributed by atoms with Crippen LogP contribution in [0.3, 0.4) is 0 Å². The monoisotopic (exact) mass is 214 g/mol. The molecule has 0 fully saturated rings. The maximum Gasteiger partial charge on any atom is 0.321 e. The Morgan fingerprint density at radius 3 is 2.80 bits per heavy atom. The Balaban J connectivity index is 2.83. The summed E-state index contributed by atoms with van der Waals surface area (Å²) in [4.78, 5) is 10.9. The maximum absolute atomic E-state index is 10.9. The number of likely N-dealkylation sites (N-methyl/N-ethyl adjacent to an activating group) is 1. The Morgan fingerprint density at radius 2 is 2.27 bits per heavy atom. The Labute approximate surface area is 91.2 Å². The van der Waals surface area contributed by atoms with E-state index in [4.69, 9.17) is 14.3 Å². The van der Waals surface area contributed by atoms with Gasteiger partial charge in [0.05, 0.1) is 0 Å². The quantitative estimate of drug-likeness (QED) is 0.542. The van der Waals surface area contributed by atoms with Crippen LogP contribution >= 0.6 is 0 Å². The lowest BCUT2D eigenvalue weighted by Gasteiger charge is -2.11. The molecule has 4 N–H and O–H groups in total. The molecule has 1 aromatic rings. The number of carboxylic acid groups (broad SMARTS) is 1. The number of hydrogen-bond acceptors (Lipinski definition) is 4. The molecule has 0 unspecified atom stereocenters. The normalized spacial score (nSPS) is 16.1. The van der Waals surface area contributed by atoms with Gasteiger partial charge < -0.3 is 20.6 Å². The second-order valence-electron chi connectivity index (χ2n) is 3.06. The number of aliphatic carboxylic acids is 1. The van der Waals surface area contributed by atoms with E-state index in [-0.39, 0.29) is 17.9 Å². The van der Waals surface area contributed by atoms with E-state index in [1.54, 1.807) is 0 Å². The lowest BCUT2D eigenvalue weighted by molar-refractivity contribution is -0.139. The van der Waals surface area contributed by atoms with E-state index in [1.165, 1.54) is 18.2 Å². The van der Waals surface area contributed by atoms with Crippen molar-refractivity contribution < 1.29 is 24.2 Å². The minimum Gasteiger partial charge on any atom is -0.504 e. The molecule has 0 spiro atoms.